The van der Waals surface area contributed by atoms with Crippen molar-refractivity contribution in [1.82, 2.24) is 5.32 Å². The normalized spacial score (nSPS) is 13.9. The summed E-state index contributed by atoms with van der Waals surface area (Å²) in [4.78, 5) is 24.8. The van der Waals surface area contributed by atoms with Crippen molar-refractivity contribution in [2.24, 2.45) is 4.99 Å². The second-order valence-corrected chi connectivity index (χ2v) is 3.07. The van der Waals surface area contributed by atoms with Crippen LogP contribution in [-0.2, 0) is 22.6 Å². The highest BCUT2D eigenvalue weighted by Gasteiger charge is 2.17. The molecule has 0 aromatic heterocycles. The van der Waals surface area contributed by atoms with E-state index in [-0.39, 0.29) is 12.3 Å². The maximum absolute atomic E-state index is 11.1. The molecule has 0 fully saturated rings. The van der Waals surface area contributed by atoms with Gasteiger partial charge in [0.2, 0.25) is 12.0 Å². The van der Waals surface area contributed by atoms with E-state index >= 15 is 0 Å². The van der Waals surface area contributed by atoms with Crippen molar-refractivity contribution in [1.29, 1.82) is 0 Å². The summed E-state index contributed by atoms with van der Waals surface area (Å²) in [6.45, 7) is 0.510. The Balaban J connectivity index is 2.53. The fourth-order valence-electron chi connectivity index (χ4n) is 1.56. The van der Waals surface area contributed by atoms with Crippen LogP contribution in [0.1, 0.15) is 11.1 Å². The molecule has 70 valence electrons. The fourth-order valence-corrected chi connectivity index (χ4v) is 1.56. The summed E-state index contributed by atoms with van der Waals surface area (Å²) >= 11 is 0. The molecule has 1 aromatic rings. The summed E-state index contributed by atoms with van der Waals surface area (Å²) in [5.74, 6) is -0.0361. The van der Waals surface area contributed by atoms with Crippen LogP contribution in [0.25, 0.3) is 0 Å². The molecule has 0 aliphatic carbocycles. The Bertz CT molecular complexity index is 434. The molecule has 14 heavy (non-hydrogen) atoms. The predicted octanol–water partition coefficient (Wildman–Crippen LogP) is 0.826. The van der Waals surface area contributed by atoms with Gasteiger partial charge in [-0.05, 0) is 17.2 Å². The van der Waals surface area contributed by atoms with Crippen LogP contribution in [0.15, 0.2) is 23.2 Å². The number of hydrogen-bond donors (Lipinski definition) is 1. The number of benzene rings is 1. The number of carbonyl (C=O) groups excluding carboxylic acids is 2. The van der Waals surface area contributed by atoms with Gasteiger partial charge in [-0.25, -0.2) is 4.79 Å². The average molecular weight is 188 g/mol. The first-order valence-corrected chi connectivity index (χ1v) is 4.26. The number of fused-ring (bicyclic) bond motifs is 1. The van der Waals surface area contributed by atoms with Crippen molar-refractivity contribution >= 4 is 17.7 Å². The van der Waals surface area contributed by atoms with E-state index in [0.29, 0.717) is 12.2 Å². The van der Waals surface area contributed by atoms with Crippen molar-refractivity contribution in [3.05, 3.63) is 29.3 Å². The zero-order valence-electron chi connectivity index (χ0n) is 7.41. The zero-order valence-corrected chi connectivity index (χ0v) is 7.41. The van der Waals surface area contributed by atoms with Gasteiger partial charge in [0, 0.05) is 6.54 Å². The molecule has 0 bridgehead atoms. The summed E-state index contributed by atoms with van der Waals surface area (Å²) < 4.78 is 0. The standard InChI is InChI=1S/C10H8N2O2/c13-6-12-9-3-1-2-7-5-11-10(14)4-8(7)9/h1-3H,4-5H2,(H,11,14). The molecule has 1 aromatic carbocycles. The third-order valence-electron chi connectivity index (χ3n) is 2.23. The summed E-state index contributed by atoms with van der Waals surface area (Å²) in [7, 11) is 0. The minimum atomic E-state index is -0.0361. The van der Waals surface area contributed by atoms with Crippen LogP contribution in [0, 0.1) is 0 Å². The van der Waals surface area contributed by atoms with E-state index in [1.165, 1.54) is 6.08 Å². The first kappa shape index (κ1) is 8.66. The molecule has 0 saturated carbocycles. The summed E-state index contributed by atoms with van der Waals surface area (Å²) in [5.41, 5.74) is 2.40. The van der Waals surface area contributed by atoms with Crippen LogP contribution < -0.4 is 5.32 Å². The Morgan fingerprint density at radius 2 is 2.29 bits per heavy atom. The second kappa shape index (κ2) is 3.44. The SMILES string of the molecule is O=C=Nc1cccc2c1CC(=O)NC2. The van der Waals surface area contributed by atoms with Crippen molar-refractivity contribution in [2.75, 3.05) is 0 Å². The van der Waals surface area contributed by atoms with Gasteiger partial charge in [-0.1, -0.05) is 12.1 Å². The molecule has 1 aliphatic rings. The molecule has 2 rings (SSSR count). The fraction of sp³-hybridized carbons (Fsp3) is 0.200. The van der Waals surface area contributed by atoms with Crippen LogP contribution in [0.2, 0.25) is 0 Å². The molecule has 1 aliphatic heterocycles. The van der Waals surface area contributed by atoms with E-state index in [2.05, 4.69) is 10.3 Å². The van der Waals surface area contributed by atoms with Gasteiger partial charge in [0.25, 0.3) is 0 Å². The lowest BCUT2D eigenvalue weighted by Crippen LogP contribution is -2.30. The molecule has 0 atom stereocenters. The van der Waals surface area contributed by atoms with Crippen molar-refractivity contribution in [3.63, 3.8) is 0 Å². The van der Waals surface area contributed by atoms with Gasteiger partial charge in [-0.3, -0.25) is 4.79 Å². The minimum Gasteiger partial charge on any atom is -0.352 e. The first-order valence-electron chi connectivity index (χ1n) is 4.26. The molecular formula is C10H8N2O2. The van der Waals surface area contributed by atoms with E-state index in [4.69, 9.17) is 0 Å². The highest BCUT2D eigenvalue weighted by atomic mass is 16.1. The van der Waals surface area contributed by atoms with Gasteiger partial charge in [0.05, 0.1) is 12.1 Å². The zero-order chi connectivity index (χ0) is 9.97. The molecule has 0 radical (unpaired) electrons. The Morgan fingerprint density at radius 1 is 1.43 bits per heavy atom. The van der Waals surface area contributed by atoms with Gasteiger partial charge < -0.3 is 5.32 Å². The van der Waals surface area contributed by atoms with Crippen LogP contribution in [-0.4, -0.2) is 12.0 Å². The van der Waals surface area contributed by atoms with E-state index < -0.39 is 0 Å². The van der Waals surface area contributed by atoms with Gasteiger partial charge in [-0.2, -0.15) is 4.99 Å². The van der Waals surface area contributed by atoms with Crippen LogP contribution in [0.3, 0.4) is 0 Å². The highest BCUT2D eigenvalue weighted by Crippen LogP contribution is 2.25. The largest absolute Gasteiger partial charge is 0.352 e. The number of hydrogen-bond acceptors (Lipinski definition) is 3. The maximum atomic E-state index is 11.1. The Labute approximate surface area is 80.7 Å². The lowest BCUT2D eigenvalue weighted by molar-refractivity contribution is -0.121. The monoisotopic (exact) mass is 188 g/mol. The predicted molar refractivity (Wildman–Crippen MR) is 49.8 cm³/mol. The smallest absolute Gasteiger partial charge is 0.240 e. The summed E-state index contributed by atoms with van der Waals surface area (Å²) in [6.07, 6.45) is 1.78. The van der Waals surface area contributed by atoms with Gasteiger partial charge >= 0.3 is 0 Å². The maximum Gasteiger partial charge on any atom is 0.240 e. The molecular weight excluding hydrogens is 180 g/mol. The number of nitrogens with zero attached hydrogens (tertiary/aromatic N) is 1. The highest BCUT2D eigenvalue weighted by molar-refractivity contribution is 5.82. The third kappa shape index (κ3) is 1.43. The number of rotatable bonds is 1. The van der Waals surface area contributed by atoms with Gasteiger partial charge in [-0.15, -0.1) is 0 Å². The minimum absolute atomic E-state index is 0.0361. The Morgan fingerprint density at radius 3 is 3.07 bits per heavy atom. The van der Waals surface area contributed by atoms with Crippen molar-refractivity contribution in [3.8, 4) is 0 Å². The molecule has 0 unspecified atom stereocenters. The van der Waals surface area contributed by atoms with Crippen molar-refractivity contribution in [2.45, 2.75) is 13.0 Å². The molecule has 0 spiro atoms. The van der Waals surface area contributed by atoms with Gasteiger partial charge in [0.1, 0.15) is 0 Å². The quantitative estimate of drug-likeness (QED) is 0.524. The number of aliphatic imine (C=N–C) groups is 1. The topological polar surface area (TPSA) is 58.5 Å². The van der Waals surface area contributed by atoms with Crippen LogP contribution in [0.5, 0.6) is 0 Å². The van der Waals surface area contributed by atoms with E-state index in [1.807, 2.05) is 12.1 Å². The average Bonchev–Trinajstić information content (AvgIpc) is 2.19. The lowest BCUT2D eigenvalue weighted by Gasteiger charge is -2.17. The molecule has 4 nitrogen and oxygen atoms in total. The number of amides is 1. The second-order valence-electron chi connectivity index (χ2n) is 3.07. The van der Waals surface area contributed by atoms with Crippen molar-refractivity contribution < 1.29 is 9.59 Å². The number of nitrogens with one attached hydrogen (secondary N) is 1. The molecule has 0 saturated heterocycles. The summed E-state index contributed by atoms with van der Waals surface area (Å²) in [5, 5.41) is 2.73. The van der Waals surface area contributed by atoms with E-state index in [9.17, 15) is 9.59 Å². The van der Waals surface area contributed by atoms with E-state index in [0.717, 1.165) is 11.1 Å². The van der Waals surface area contributed by atoms with E-state index in [1.54, 1.807) is 6.07 Å². The third-order valence-corrected chi connectivity index (χ3v) is 2.23. The summed E-state index contributed by atoms with van der Waals surface area (Å²) in [6, 6.07) is 5.44. The van der Waals surface area contributed by atoms with Crippen LogP contribution in [0.4, 0.5) is 5.69 Å². The number of isocyanates is 1. The molecule has 1 amide bonds. The molecule has 1 heterocycles. The van der Waals surface area contributed by atoms with Gasteiger partial charge in [0.15, 0.2) is 0 Å². The van der Waals surface area contributed by atoms with Crippen LogP contribution >= 0.6 is 0 Å². The molecule has 1 N–H and O–H groups in total. The number of carbonyl (C=O) groups is 1. The lowest BCUT2D eigenvalue weighted by atomic mass is 9.99. The first-order chi connectivity index (χ1) is 6.81. The Hall–Kier alpha value is -1.93. The Kier molecular flexibility index (Phi) is 2.13. The molecule has 4 heteroatoms.